The number of aryl methyl sites for hydroxylation is 2. The highest BCUT2D eigenvalue weighted by molar-refractivity contribution is 7.18. The summed E-state index contributed by atoms with van der Waals surface area (Å²) in [5.74, 6) is -0.629. The van der Waals surface area contributed by atoms with Crippen LogP contribution in [0.25, 0.3) is 10.2 Å². The molecule has 0 aliphatic carbocycles. The highest BCUT2D eigenvalue weighted by atomic mass is 32.1. The van der Waals surface area contributed by atoms with Crippen LogP contribution in [0.2, 0.25) is 0 Å². The van der Waals surface area contributed by atoms with Crippen LogP contribution in [0, 0.1) is 24.0 Å². The molecule has 1 aromatic carbocycles. The molecule has 3 heterocycles. The molecule has 0 atom stereocenters. The van der Waals surface area contributed by atoms with Gasteiger partial charge in [-0.05, 0) is 37.1 Å². The second-order valence-electron chi connectivity index (χ2n) is 7.05. The van der Waals surface area contributed by atoms with Crippen molar-refractivity contribution in [2.45, 2.75) is 26.8 Å². The van der Waals surface area contributed by atoms with Gasteiger partial charge < -0.3 is 9.52 Å². The lowest BCUT2D eigenvalue weighted by Gasteiger charge is -2.12. The standard InChI is InChI=1S/C21H17N3O6S/c1-11-12(2)31-19-18(11)20(25)23(10-15-7-8-16(30-15)21(26)27)17(22-19)9-13-3-5-14(6-4-13)24(28)29/h3-8H,9-10H2,1-2H3,(H,26,27). The van der Waals surface area contributed by atoms with Gasteiger partial charge in [0, 0.05) is 23.4 Å². The smallest absolute Gasteiger partial charge is 0.371 e. The lowest BCUT2D eigenvalue weighted by atomic mass is 10.1. The van der Waals surface area contributed by atoms with E-state index in [1.807, 2.05) is 13.8 Å². The third kappa shape index (κ3) is 3.84. The molecular formula is C21H17N3O6S. The Morgan fingerprint density at radius 3 is 2.55 bits per heavy atom. The average molecular weight is 439 g/mol. The van der Waals surface area contributed by atoms with Gasteiger partial charge in [0.1, 0.15) is 16.4 Å². The Morgan fingerprint density at radius 1 is 1.23 bits per heavy atom. The molecule has 31 heavy (non-hydrogen) atoms. The van der Waals surface area contributed by atoms with Crippen LogP contribution >= 0.6 is 11.3 Å². The number of carboxylic acid groups (broad SMARTS) is 1. The largest absolute Gasteiger partial charge is 0.475 e. The number of thiophene rings is 1. The van der Waals surface area contributed by atoms with Gasteiger partial charge in [0.25, 0.3) is 11.2 Å². The molecule has 0 saturated heterocycles. The minimum absolute atomic E-state index is 0.0195. The number of nitro groups is 1. The maximum absolute atomic E-state index is 13.3. The number of non-ortho nitro benzene ring substituents is 1. The van der Waals surface area contributed by atoms with E-state index >= 15 is 0 Å². The number of hydrogen-bond donors (Lipinski definition) is 1. The molecule has 0 saturated carbocycles. The summed E-state index contributed by atoms with van der Waals surface area (Å²) in [4.78, 5) is 41.2. The van der Waals surface area contributed by atoms with E-state index in [-0.39, 0.29) is 30.0 Å². The van der Waals surface area contributed by atoms with Crippen molar-refractivity contribution >= 4 is 33.2 Å². The number of carbonyl (C=O) groups is 1. The van der Waals surface area contributed by atoms with Gasteiger partial charge in [-0.2, -0.15) is 0 Å². The molecule has 158 valence electrons. The Balaban J connectivity index is 1.81. The zero-order valence-electron chi connectivity index (χ0n) is 16.6. The van der Waals surface area contributed by atoms with Gasteiger partial charge in [-0.3, -0.25) is 19.5 Å². The van der Waals surface area contributed by atoms with Gasteiger partial charge in [0.15, 0.2) is 0 Å². The summed E-state index contributed by atoms with van der Waals surface area (Å²) >= 11 is 1.43. The Morgan fingerprint density at radius 2 is 1.94 bits per heavy atom. The average Bonchev–Trinajstić information content (AvgIpc) is 3.30. The molecule has 0 spiro atoms. The molecule has 0 radical (unpaired) electrons. The minimum atomic E-state index is -1.19. The third-order valence-corrected chi connectivity index (χ3v) is 6.16. The quantitative estimate of drug-likeness (QED) is 0.356. The summed E-state index contributed by atoms with van der Waals surface area (Å²) in [5, 5.41) is 20.5. The lowest BCUT2D eigenvalue weighted by Crippen LogP contribution is -2.26. The molecule has 0 amide bonds. The molecule has 9 nitrogen and oxygen atoms in total. The van der Waals surface area contributed by atoms with Gasteiger partial charge in [-0.25, -0.2) is 9.78 Å². The van der Waals surface area contributed by atoms with Crippen LogP contribution in [0.5, 0.6) is 0 Å². The Labute approximate surface area is 179 Å². The molecule has 0 aliphatic heterocycles. The number of nitrogens with zero attached hydrogens (tertiary/aromatic N) is 3. The first-order valence-electron chi connectivity index (χ1n) is 9.29. The molecule has 0 unspecified atom stereocenters. The number of rotatable bonds is 6. The number of benzene rings is 1. The van der Waals surface area contributed by atoms with Crippen molar-refractivity contribution in [2.24, 2.45) is 0 Å². The molecule has 1 N–H and O–H groups in total. The summed E-state index contributed by atoms with van der Waals surface area (Å²) in [6.07, 6.45) is 0.270. The first-order valence-corrected chi connectivity index (χ1v) is 10.1. The van der Waals surface area contributed by atoms with Crippen LogP contribution < -0.4 is 5.56 Å². The maximum Gasteiger partial charge on any atom is 0.371 e. The molecule has 0 bridgehead atoms. The predicted molar refractivity (Wildman–Crippen MR) is 114 cm³/mol. The van der Waals surface area contributed by atoms with Crippen molar-refractivity contribution in [3.63, 3.8) is 0 Å². The zero-order valence-corrected chi connectivity index (χ0v) is 17.4. The van der Waals surface area contributed by atoms with E-state index in [1.54, 1.807) is 12.1 Å². The molecule has 0 aliphatic rings. The van der Waals surface area contributed by atoms with Crippen LogP contribution in [-0.2, 0) is 13.0 Å². The summed E-state index contributed by atoms with van der Waals surface area (Å²) in [5.41, 5.74) is 1.35. The van der Waals surface area contributed by atoms with Gasteiger partial charge in [0.05, 0.1) is 16.9 Å². The molecule has 4 aromatic rings. The van der Waals surface area contributed by atoms with E-state index in [2.05, 4.69) is 0 Å². The van der Waals surface area contributed by atoms with Crippen molar-refractivity contribution in [1.29, 1.82) is 0 Å². The van der Waals surface area contributed by atoms with Crippen LogP contribution in [0.1, 0.15) is 38.1 Å². The number of carboxylic acids is 1. The fraction of sp³-hybridized carbons (Fsp3) is 0.190. The fourth-order valence-corrected chi connectivity index (χ4v) is 4.36. The van der Waals surface area contributed by atoms with Gasteiger partial charge in [0.2, 0.25) is 5.76 Å². The van der Waals surface area contributed by atoms with Crippen molar-refractivity contribution in [3.05, 3.63) is 90.2 Å². The van der Waals surface area contributed by atoms with Crippen molar-refractivity contribution in [2.75, 3.05) is 0 Å². The molecular weight excluding hydrogens is 422 g/mol. The van der Waals surface area contributed by atoms with Crippen LogP contribution in [0.3, 0.4) is 0 Å². The molecule has 10 heteroatoms. The van der Waals surface area contributed by atoms with E-state index in [0.717, 1.165) is 16.0 Å². The van der Waals surface area contributed by atoms with Crippen molar-refractivity contribution < 1.29 is 19.2 Å². The van der Waals surface area contributed by atoms with Crippen molar-refractivity contribution in [3.8, 4) is 0 Å². The topological polar surface area (TPSA) is 128 Å². The normalized spacial score (nSPS) is 11.2. The first-order chi connectivity index (χ1) is 14.7. The third-order valence-electron chi connectivity index (χ3n) is 5.06. The number of fused-ring (bicyclic) bond motifs is 1. The first kappa shape index (κ1) is 20.5. The molecule has 0 fully saturated rings. The summed E-state index contributed by atoms with van der Waals surface area (Å²) in [7, 11) is 0. The molecule has 3 aromatic heterocycles. The van der Waals surface area contributed by atoms with Crippen LogP contribution in [0.4, 0.5) is 5.69 Å². The zero-order chi connectivity index (χ0) is 22.3. The monoisotopic (exact) mass is 439 g/mol. The van der Waals surface area contributed by atoms with Crippen molar-refractivity contribution in [1.82, 2.24) is 9.55 Å². The van der Waals surface area contributed by atoms with Gasteiger partial charge in [-0.1, -0.05) is 12.1 Å². The number of nitro benzene ring substituents is 1. The van der Waals surface area contributed by atoms with E-state index in [0.29, 0.717) is 21.8 Å². The van der Waals surface area contributed by atoms with E-state index in [9.17, 15) is 19.7 Å². The fourth-order valence-electron chi connectivity index (χ4n) is 3.32. The number of hydrogen-bond acceptors (Lipinski definition) is 7. The Kier molecular flexibility index (Phi) is 5.15. The minimum Gasteiger partial charge on any atom is -0.475 e. The second-order valence-corrected chi connectivity index (χ2v) is 8.26. The van der Waals surface area contributed by atoms with E-state index in [1.165, 1.54) is 40.2 Å². The highest BCUT2D eigenvalue weighted by Gasteiger charge is 2.19. The summed E-state index contributed by atoms with van der Waals surface area (Å²) in [6.45, 7) is 3.81. The second kappa shape index (κ2) is 7.80. The van der Waals surface area contributed by atoms with E-state index in [4.69, 9.17) is 14.5 Å². The number of furan rings is 1. The van der Waals surface area contributed by atoms with Gasteiger partial charge >= 0.3 is 5.97 Å². The highest BCUT2D eigenvalue weighted by Crippen LogP contribution is 2.27. The SMILES string of the molecule is Cc1sc2nc(Cc3ccc([N+](=O)[O-])cc3)n(Cc3ccc(C(=O)O)o3)c(=O)c2c1C. The summed E-state index contributed by atoms with van der Waals surface area (Å²) in [6, 6.07) is 8.91. The van der Waals surface area contributed by atoms with Crippen LogP contribution in [-0.4, -0.2) is 25.6 Å². The number of aromatic nitrogens is 2. The van der Waals surface area contributed by atoms with Gasteiger partial charge in [-0.15, -0.1) is 11.3 Å². The number of aromatic carboxylic acids is 1. The summed E-state index contributed by atoms with van der Waals surface area (Å²) < 4.78 is 6.81. The Bertz CT molecular complexity index is 1380. The maximum atomic E-state index is 13.3. The van der Waals surface area contributed by atoms with E-state index < -0.39 is 10.9 Å². The predicted octanol–water partition coefficient (Wildman–Crippen LogP) is 3.91. The molecule has 4 rings (SSSR count). The lowest BCUT2D eigenvalue weighted by molar-refractivity contribution is -0.384. The van der Waals surface area contributed by atoms with Crippen LogP contribution in [0.15, 0.2) is 45.6 Å². The Hall–Kier alpha value is -3.79.